The van der Waals surface area contributed by atoms with Crippen LogP contribution in [0.4, 0.5) is 4.39 Å². The molecular formula is C13H18ClFN2O2S. The SMILES string of the molecule is NCC1(NS(=O)(=O)Cc2ccc(F)c(Cl)c2)CCCC1. The van der Waals surface area contributed by atoms with E-state index in [2.05, 4.69) is 4.72 Å². The number of rotatable bonds is 5. The Balaban J connectivity index is 2.12. The van der Waals surface area contributed by atoms with Crippen molar-refractivity contribution in [3.63, 3.8) is 0 Å². The van der Waals surface area contributed by atoms with E-state index in [4.69, 9.17) is 17.3 Å². The highest BCUT2D eigenvalue weighted by molar-refractivity contribution is 7.88. The smallest absolute Gasteiger partial charge is 0.216 e. The molecule has 0 bridgehead atoms. The minimum Gasteiger partial charge on any atom is -0.329 e. The van der Waals surface area contributed by atoms with E-state index in [9.17, 15) is 12.8 Å². The molecule has 0 radical (unpaired) electrons. The summed E-state index contributed by atoms with van der Waals surface area (Å²) < 4.78 is 40.2. The summed E-state index contributed by atoms with van der Waals surface area (Å²) in [4.78, 5) is 0. The summed E-state index contributed by atoms with van der Waals surface area (Å²) in [6.45, 7) is 0.288. The molecule has 1 saturated carbocycles. The topological polar surface area (TPSA) is 72.2 Å². The molecule has 1 aliphatic carbocycles. The molecule has 1 fully saturated rings. The Labute approximate surface area is 123 Å². The third-order valence-electron chi connectivity index (χ3n) is 3.66. The Kier molecular flexibility index (Phi) is 4.69. The number of nitrogens with one attached hydrogen (secondary N) is 1. The van der Waals surface area contributed by atoms with Crippen molar-refractivity contribution in [2.24, 2.45) is 5.73 Å². The van der Waals surface area contributed by atoms with Gasteiger partial charge in [-0.05, 0) is 30.5 Å². The fraction of sp³-hybridized carbons (Fsp3) is 0.538. The van der Waals surface area contributed by atoms with E-state index in [1.165, 1.54) is 18.2 Å². The molecule has 0 saturated heterocycles. The summed E-state index contributed by atoms with van der Waals surface area (Å²) >= 11 is 5.66. The molecule has 3 N–H and O–H groups in total. The fourth-order valence-corrected chi connectivity index (χ4v) is 4.46. The van der Waals surface area contributed by atoms with Crippen molar-refractivity contribution in [1.29, 1.82) is 0 Å². The lowest BCUT2D eigenvalue weighted by Crippen LogP contribution is -2.51. The van der Waals surface area contributed by atoms with Gasteiger partial charge in [-0.15, -0.1) is 0 Å². The third-order valence-corrected chi connectivity index (χ3v) is 5.41. The standard InChI is InChI=1S/C13H18ClFN2O2S/c14-11-7-10(3-4-12(11)15)8-20(18,19)17-13(9-16)5-1-2-6-13/h3-4,7,17H,1-2,5-6,8-9,16H2. The van der Waals surface area contributed by atoms with Crippen LogP contribution in [0.1, 0.15) is 31.2 Å². The molecule has 2 rings (SSSR count). The summed E-state index contributed by atoms with van der Waals surface area (Å²) in [5.74, 6) is -0.788. The zero-order chi connectivity index (χ0) is 14.8. The average molecular weight is 321 g/mol. The number of hydrogen-bond donors (Lipinski definition) is 2. The molecule has 4 nitrogen and oxygen atoms in total. The maximum Gasteiger partial charge on any atom is 0.216 e. The van der Waals surface area contributed by atoms with Crippen LogP contribution in [0.3, 0.4) is 0 Å². The predicted molar refractivity (Wildman–Crippen MR) is 77.4 cm³/mol. The highest BCUT2D eigenvalue weighted by atomic mass is 35.5. The van der Waals surface area contributed by atoms with Gasteiger partial charge >= 0.3 is 0 Å². The van der Waals surface area contributed by atoms with Gasteiger partial charge in [-0.1, -0.05) is 30.5 Å². The first-order valence-electron chi connectivity index (χ1n) is 6.51. The second kappa shape index (κ2) is 5.97. The zero-order valence-corrected chi connectivity index (χ0v) is 12.6. The van der Waals surface area contributed by atoms with Crippen molar-refractivity contribution >= 4 is 21.6 Å². The molecule has 20 heavy (non-hydrogen) atoms. The van der Waals surface area contributed by atoms with Gasteiger partial charge in [-0.25, -0.2) is 17.5 Å². The average Bonchev–Trinajstić information content (AvgIpc) is 2.82. The molecule has 0 aliphatic heterocycles. The summed E-state index contributed by atoms with van der Waals surface area (Å²) in [7, 11) is -3.53. The van der Waals surface area contributed by atoms with Gasteiger partial charge in [0.25, 0.3) is 0 Å². The van der Waals surface area contributed by atoms with Crippen LogP contribution in [0.15, 0.2) is 18.2 Å². The number of sulfonamides is 1. The first kappa shape index (κ1) is 15.7. The predicted octanol–water partition coefficient (Wildman–Crippen LogP) is 2.17. The van der Waals surface area contributed by atoms with Crippen LogP contribution >= 0.6 is 11.6 Å². The van der Waals surface area contributed by atoms with Crippen LogP contribution in [0.2, 0.25) is 5.02 Å². The molecule has 7 heteroatoms. The van der Waals surface area contributed by atoms with Crippen LogP contribution in [-0.2, 0) is 15.8 Å². The quantitative estimate of drug-likeness (QED) is 0.873. The maximum atomic E-state index is 13.1. The molecule has 1 aliphatic rings. The van der Waals surface area contributed by atoms with E-state index in [1.54, 1.807) is 0 Å². The van der Waals surface area contributed by atoms with Gasteiger partial charge in [0.15, 0.2) is 0 Å². The lowest BCUT2D eigenvalue weighted by atomic mass is 10.0. The zero-order valence-electron chi connectivity index (χ0n) is 11.0. The molecule has 0 aromatic heterocycles. The molecule has 0 amide bonds. The summed E-state index contributed by atoms with van der Waals surface area (Å²) in [5.41, 5.74) is 5.64. The minimum atomic E-state index is -3.53. The first-order valence-corrected chi connectivity index (χ1v) is 8.54. The van der Waals surface area contributed by atoms with Gasteiger partial charge in [0.05, 0.1) is 10.8 Å². The van der Waals surface area contributed by atoms with Crippen molar-refractivity contribution in [3.8, 4) is 0 Å². The van der Waals surface area contributed by atoms with E-state index in [0.29, 0.717) is 5.56 Å². The van der Waals surface area contributed by atoms with Gasteiger partial charge < -0.3 is 5.73 Å². The van der Waals surface area contributed by atoms with Crippen LogP contribution in [0.25, 0.3) is 0 Å². The second-order valence-electron chi connectivity index (χ2n) is 5.30. The van der Waals surface area contributed by atoms with E-state index in [1.807, 2.05) is 0 Å². The molecule has 0 atom stereocenters. The monoisotopic (exact) mass is 320 g/mol. The van der Waals surface area contributed by atoms with Crippen LogP contribution in [0, 0.1) is 5.82 Å². The van der Waals surface area contributed by atoms with Crippen molar-refractivity contribution in [3.05, 3.63) is 34.6 Å². The molecular weight excluding hydrogens is 303 g/mol. The molecule has 112 valence electrons. The van der Waals surface area contributed by atoms with E-state index in [-0.39, 0.29) is 17.3 Å². The van der Waals surface area contributed by atoms with E-state index < -0.39 is 21.4 Å². The Morgan fingerprint density at radius 2 is 2.00 bits per heavy atom. The number of nitrogens with two attached hydrogens (primary N) is 1. The van der Waals surface area contributed by atoms with E-state index in [0.717, 1.165) is 25.7 Å². The summed E-state index contributed by atoms with van der Waals surface area (Å²) in [6, 6.07) is 3.92. The molecule has 0 heterocycles. The number of halogens is 2. The largest absolute Gasteiger partial charge is 0.329 e. The van der Waals surface area contributed by atoms with Crippen molar-refractivity contribution in [1.82, 2.24) is 4.72 Å². The highest BCUT2D eigenvalue weighted by Gasteiger charge is 2.36. The highest BCUT2D eigenvalue weighted by Crippen LogP contribution is 2.30. The van der Waals surface area contributed by atoms with Crippen molar-refractivity contribution in [2.75, 3.05) is 6.54 Å². The van der Waals surface area contributed by atoms with Gasteiger partial charge in [0, 0.05) is 12.1 Å². The minimum absolute atomic E-state index is 0.0768. The first-order chi connectivity index (χ1) is 9.36. The number of benzene rings is 1. The van der Waals surface area contributed by atoms with Crippen molar-refractivity contribution < 1.29 is 12.8 Å². The van der Waals surface area contributed by atoms with Gasteiger partial charge in [0.1, 0.15) is 5.82 Å². The molecule has 1 aromatic carbocycles. The van der Waals surface area contributed by atoms with Gasteiger partial charge in [-0.2, -0.15) is 0 Å². The van der Waals surface area contributed by atoms with Gasteiger partial charge in [-0.3, -0.25) is 0 Å². The maximum absolute atomic E-state index is 13.1. The summed E-state index contributed by atoms with van der Waals surface area (Å²) in [5, 5.41) is -0.0768. The molecule has 0 unspecified atom stereocenters. The number of hydrogen-bond acceptors (Lipinski definition) is 3. The van der Waals surface area contributed by atoms with Gasteiger partial charge in [0.2, 0.25) is 10.0 Å². The van der Waals surface area contributed by atoms with E-state index >= 15 is 0 Å². The summed E-state index contributed by atoms with van der Waals surface area (Å²) in [6.07, 6.45) is 3.46. The lowest BCUT2D eigenvalue weighted by molar-refractivity contribution is 0.399. The fourth-order valence-electron chi connectivity index (χ4n) is 2.61. The lowest BCUT2D eigenvalue weighted by Gasteiger charge is -2.28. The normalized spacial score (nSPS) is 18.4. The van der Waals surface area contributed by atoms with Crippen LogP contribution in [-0.4, -0.2) is 20.5 Å². The Morgan fingerprint density at radius 3 is 2.55 bits per heavy atom. The third kappa shape index (κ3) is 3.69. The van der Waals surface area contributed by atoms with Crippen LogP contribution in [0.5, 0.6) is 0 Å². The Bertz CT molecular complexity index is 586. The van der Waals surface area contributed by atoms with Crippen molar-refractivity contribution in [2.45, 2.75) is 37.0 Å². The Morgan fingerprint density at radius 1 is 1.35 bits per heavy atom. The molecule has 0 spiro atoms. The Hall–Kier alpha value is -0.690. The molecule has 1 aromatic rings. The van der Waals surface area contributed by atoms with Crippen LogP contribution < -0.4 is 10.5 Å². The second-order valence-corrected chi connectivity index (χ2v) is 7.43.